The average molecular weight is 259 g/mol. The summed E-state index contributed by atoms with van der Waals surface area (Å²) in [5.74, 6) is 0.241. The standard InChI is InChI=1S/C9H13N3O4S/c1-6(13)12-7(9(14)15)2-3-17-4-8-10-5-11-16-8/h5,7H,2-4H2,1H3,(H,12,13)(H,14,15). The average Bonchev–Trinajstić information content (AvgIpc) is 2.74. The van der Waals surface area contributed by atoms with Crippen LogP contribution in [0.1, 0.15) is 19.2 Å². The molecule has 1 unspecified atom stereocenters. The van der Waals surface area contributed by atoms with Crippen LogP contribution in [0, 0.1) is 0 Å². The highest BCUT2D eigenvalue weighted by atomic mass is 32.2. The predicted octanol–water partition coefficient (Wildman–Crippen LogP) is 0.282. The summed E-state index contributed by atoms with van der Waals surface area (Å²) in [7, 11) is 0. The third-order valence-electron chi connectivity index (χ3n) is 1.86. The second-order valence-electron chi connectivity index (χ2n) is 3.27. The number of carbonyl (C=O) groups excluding carboxylic acids is 1. The summed E-state index contributed by atoms with van der Waals surface area (Å²) in [5, 5.41) is 14.7. The minimum absolute atomic E-state index is 0.348. The highest BCUT2D eigenvalue weighted by Gasteiger charge is 2.17. The quantitative estimate of drug-likeness (QED) is 0.677. The zero-order chi connectivity index (χ0) is 12.7. The molecule has 0 aromatic carbocycles. The first-order valence-electron chi connectivity index (χ1n) is 4.93. The molecule has 0 aliphatic heterocycles. The van der Waals surface area contributed by atoms with E-state index in [0.29, 0.717) is 23.8 Å². The van der Waals surface area contributed by atoms with Crippen molar-refractivity contribution in [1.82, 2.24) is 15.5 Å². The van der Waals surface area contributed by atoms with Crippen LogP contribution in [0.3, 0.4) is 0 Å². The molecule has 0 aliphatic carbocycles. The van der Waals surface area contributed by atoms with Crippen LogP contribution in [0.5, 0.6) is 0 Å². The fraction of sp³-hybridized carbons (Fsp3) is 0.556. The maximum atomic E-state index is 10.8. The largest absolute Gasteiger partial charge is 0.480 e. The SMILES string of the molecule is CC(=O)NC(CCSCc1ncno1)C(=O)O. The molecule has 1 heterocycles. The van der Waals surface area contributed by atoms with Gasteiger partial charge in [-0.3, -0.25) is 4.79 Å². The van der Waals surface area contributed by atoms with Crippen LogP contribution in [-0.2, 0) is 15.3 Å². The Bertz CT molecular complexity index is 368. The van der Waals surface area contributed by atoms with Gasteiger partial charge in [-0.25, -0.2) is 4.79 Å². The van der Waals surface area contributed by atoms with E-state index in [2.05, 4.69) is 15.5 Å². The van der Waals surface area contributed by atoms with Crippen molar-refractivity contribution in [2.75, 3.05) is 5.75 Å². The van der Waals surface area contributed by atoms with Crippen LogP contribution in [-0.4, -0.2) is 38.9 Å². The lowest BCUT2D eigenvalue weighted by Gasteiger charge is -2.12. The summed E-state index contributed by atoms with van der Waals surface area (Å²) in [5.41, 5.74) is 0. The molecule has 8 heteroatoms. The molecule has 1 rings (SSSR count). The van der Waals surface area contributed by atoms with Gasteiger partial charge in [0.1, 0.15) is 6.04 Å². The molecule has 2 N–H and O–H groups in total. The van der Waals surface area contributed by atoms with Crippen LogP contribution < -0.4 is 5.32 Å². The molecule has 0 saturated heterocycles. The zero-order valence-corrected chi connectivity index (χ0v) is 10.1. The summed E-state index contributed by atoms with van der Waals surface area (Å²) in [6.45, 7) is 1.29. The van der Waals surface area contributed by atoms with Crippen molar-refractivity contribution in [3.8, 4) is 0 Å². The molecule has 1 amide bonds. The molecule has 0 aliphatic rings. The third kappa shape index (κ3) is 5.34. The lowest BCUT2D eigenvalue weighted by Crippen LogP contribution is -2.39. The first kappa shape index (κ1) is 13.5. The van der Waals surface area contributed by atoms with Crippen LogP contribution in [0.2, 0.25) is 0 Å². The first-order chi connectivity index (χ1) is 8.09. The highest BCUT2D eigenvalue weighted by Crippen LogP contribution is 2.11. The Morgan fingerprint density at radius 2 is 2.41 bits per heavy atom. The van der Waals surface area contributed by atoms with E-state index in [4.69, 9.17) is 9.63 Å². The zero-order valence-electron chi connectivity index (χ0n) is 9.25. The van der Waals surface area contributed by atoms with Crippen LogP contribution in [0.4, 0.5) is 0 Å². The number of aliphatic carboxylic acids is 1. The van der Waals surface area contributed by atoms with Gasteiger partial charge in [0.15, 0.2) is 6.33 Å². The molecule has 1 atom stereocenters. The molecule has 1 aromatic heterocycles. The van der Waals surface area contributed by atoms with Gasteiger partial charge in [-0.05, 0) is 12.2 Å². The molecule has 0 radical (unpaired) electrons. The minimum Gasteiger partial charge on any atom is -0.480 e. The number of nitrogens with zero attached hydrogens (tertiary/aromatic N) is 2. The molecule has 17 heavy (non-hydrogen) atoms. The number of nitrogens with one attached hydrogen (secondary N) is 1. The van der Waals surface area contributed by atoms with Gasteiger partial charge < -0.3 is 14.9 Å². The Hall–Kier alpha value is -1.57. The van der Waals surface area contributed by atoms with Gasteiger partial charge in [0.2, 0.25) is 11.8 Å². The Kier molecular flexibility index (Phi) is 5.47. The van der Waals surface area contributed by atoms with Gasteiger partial charge in [-0.2, -0.15) is 16.7 Å². The molecule has 0 fully saturated rings. The van der Waals surface area contributed by atoms with E-state index in [1.54, 1.807) is 0 Å². The molecular weight excluding hydrogens is 246 g/mol. The summed E-state index contributed by atoms with van der Waals surface area (Å²) in [4.78, 5) is 25.4. The number of rotatable bonds is 7. The van der Waals surface area contributed by atoms with Crippen molar-refractivity contribution < 1.29 is 19.2 Å². The van der Waals surface area contributed by atoms with Crippen LogP contribution >= 0.6 is 11.8 Å². The van der Waals surface area contributed by atoms with E-state index in [0.717, 1.165) is 0 Å². The Morgan fingerprint density at radius 1 is 1.65 bits per heavy atom. The molecule has 0 bridgehead atoms. The molecule has 0 spiro atoms. The second-order valence-corrected chi connectivity index (χ2v) is 4.37. The predicted molar refractivity (Wildman–Crippen MR) is 60.3 cm³/mol. The highest BCUT2D eigenvalue weighted by molar-refractivity contribution is 7.98. The monoisotopic (exact) mass is 259 g/mol. The van der Waals surface area contributed by atoms with Gasteiger partial charge in [0.25, 0.3) is 0 Å². The van der Waals surface area contributed by atoms with E-state index in [9.17, 15) is 9.59 Å². The summed E-state index contributed by atoms with van der Waals surface area (Å²) in [6, 6.07) is -0.845. The number of carboxylic acid groups (broad SMARTS) is 1. The van der Waals surface area contributed by atoms with Crippen LogP contribution in [0.15, 0.2) is 10.9 Å². The lowest BCUT2D eigenvalue weighted by atomic mass is 10.2. The third-order valence-corrected chi connectivity index (χ3v) is 2.83. The van der Waals surface area contributed by atoms with Gasteiger partial charge in [0, 0.05) is 6.92 Å². The number of amides is 1. The first-order valence-corrected chi connectivity index (χ1v) is 6.08. The van der Waals surface area contributed by atoms with E-state index >= 15 is 0 Å². The maximum Gasteiger partial charge on any atom is 0.326 e. The molecular formula is C9H13N3O4S. The van der Waals surface area contributed by atoms with Crippen LogP contribution in [0.25, 0.3) is 0 Å². The number of carboxylic acids is 1. The van der Waals surface area contributed by atoms with Crippen molar-refractivity contribution in [3.63, 3.8) is 0 Å². The molecule has 94 valence electrons. The Morgan fingerprint density at radius 3 is 2.94 bits per heavy atom. The van der Waals surface area contributed by atoms with E-state index < -0.39 is 12.0 Å². The summed E-state index contributed by atoms with van der Waals surface area (Å²) < 4.78 is 4.78. The topological polar surface area (TPSA) is 105 Å². The molecule has 0 saturated carbocycles. The smallest absolute Gasteiger partial charge is 0.326 e. The fourth-order valence-electron chi connectivity index (χ4n) is 1.12. The molecule has 7 nitrogen and oxygen atoms in total. The van der Waals surface area contributed by atoms with E-state index in [-0.39, 0.29) is 5.91 Å². The summed E-state index contributed by atoms with van der Waals surface area (Å²) in [6.07, 6.45) is 1.67. The van der Waals surface area contributed by atoms with E-state index in [1.165, 1.54) is 25.0 Å². The van der Waals surface area contributed by atoms with Crippen molar-refractivity contribution in [2.45, 2.75) is 25.1 Å². The van der Waals surface area contributed by atoms with Gasteiger partial charge in [0.05, 0.1) is 5.75 Å². The Balaban J connectivity index is 2.23. The van der Waals surface area contributed by atoms with Gasteiger partial charge >= 0.3 is 5.97 Å². The number of hydrogen-bond acceptors (Lipinski definition) is 6. The van der Waals surface area contributed by atoms with Gasteiger partial charge in [-0.1, -0.05) is 5.16 Å². The fourth-order valence-corrected chi connectivity index (χ4v) is 1.97. The van der Waals surface area contributed by atoms with Crippen molar-refractivity contribution in [3.05, 3.63) is 12.2 Å². The van der Waals surface area contributed by atoms with Gasteiger partial charge in [-0.15, -0.1) is 0 Å². The second kappa shape index (κ2) is 6.89. The molecule has 1 aromatic rings. The normalized spacial score (nSPS) is 12.1. The maximum absolute atomic E-state index is 10.8. The summed E-state index contributed by atoms with van der Waals surface area (Å²) >= 11 is 1.47. The number of hydrogen-bond donors (Lipinski definition) is 2. The Labute approximate surface area is 102 Å². The van der Waals surface area contributed by atoms with E-state index in [1.807, 2.05) is 0 Å². The van der Waals surface area contributed by atoms with Crippen molar-refractivity contribution >= 4 is 23.6 Å². The van der Waals surface area contributed by atoms with Crippen molar-refractivity contribution in [1.29, 1.82) is 0 Å². The minimum atomic E-state index is -1.03. The number of carbonyl (C=O) groups is 2. The lowest BCUT2D eigenvalue weighted by molar-refractivity contribution is -0.141. The van der Waals surface area contributed by atoms with Crippen molar-refractivity contribution in [2.24, 2.45) is 0 Å². The number of aromatic nitrogens is 2. The number of thioether (sulfide) groups is 1.